The predicted molar refractivity (Wildman–Crippen MR) is 131 cm³/mol. The maximum Gasteiger partial charge on any atom is 0.319 e. The molecule has 3 aromatic rings. The Morgan fingerprint density at radius 3 is 2.76 bits per heavy atom. The number of thiophene rings is 1. The summed E-state index contributed by atoms with van der Waals surface area (Å²) in [6.07, 6.45) is 9.11. The summed E-state index contributed by atoms with van der Waals surface area (Å²) in [5.41, 5.74) is 3.11. The zero-order valence-electron chi connectivity index (χ0n) is 18.8. The highest BCUT2D eigenvalue weighted by molar-refractivity contribution is 7.17. The van der Waals surface area contributed by atoms with Gasteiger partial charge in [-0.2, -0.15) is 9.61 Å². The van der Waals surface area contributed by atoms with E-state index in [0.29, 0.717) is 23.0 Å². The Kier molecular flexibility index (Phi) is 5.24. The van der Waals surface area contributed by atoms with Crippen LogP contribution in [0.3, 0.4) is 0 Å². The van der Waals surface area contributed by atoms with Crippen LogP contribution >= 0.6 is 11.3 Å². The Hall–Kier alpha value is -3.40. The van der Waals surface area contributed by atoms with Gasteiger partial charge in [0.25, 0.3) is 5.91 Å². The molecule has 4 N–H and O–H groups in total. The molecule has 1 saturated heterocycles. The fourth-order valence-electron chi connectivity index (χ4n) is 4.65. The number of rotatable bonds is 7. The summed E-state index contributed by atoms with van der Waals surface area (Å²) in [7, 11) is 0. The van der Waals surface area contributed by atoms with Crippen LogP contribution in [0.4, 0.5) is 10.6 Å². The molecule has 1 aliphatic heterocycles. The van der Waals surface area contributed by atoms with E-state index in [-0.39, 0.29) is 24.0 Å². The molecule has 2 saturated carbocycles. The zero-order chi connectivity index (χ0) is 23.2. The van der Waals surface area contributed by atoms with Crippen molar-refractivity contribution in [2.75, 3.05) is 5.32 Å². The summed E-state index contributed by atoms with van der Waals surface area (Å²) in [5.74, 6) is 0.875. The van der Waals surface area contributed by atoms with Crippen LogP contribution in [-0.2, 0) is 6.42 Å². The number of nitrogens with one attached hydrogen (secondary N) is 4. The summed E-state index contributed by atoms with van der Waals surface area (Å²) in [6, 6.07) is 6.14. The first-order valence-corrected chi connectivity index (χ1v) is 12.7. The van der Waals surface area contributed by atoms with Gasteiger partial charge in [0, 0.05) is 35.8 Å². The van der Waals surface area contributed by atoms with Crippen LogP contribution in [0.5, 0.6) is 0 Å². The maximum atomic E-state index is 12.7. The van der Waals surface area contributed by atoms with Crippen LogP contribution in [-0.4, -0.2) is 44.7 Å². The molecule has 176 valence electrons. The molecule has 34 heavy (non-hydrogen) atoms. The normalized spacial score (nSPS) is 20.5. The number of amides is 3. The molecule has 3 aliphatic rings. The van der Waals surface area contributed by atoms with Crippen LogP contribution in [0.2, 0.25) is 0 Å². The highest BCUT2D eigenvalue weighted by atomic mass is 32.1. The van der Waals surface area contributed by atoms with E-state index in [0.717, 1.165) is 53.3 Å². The van der Waals surface area contributed by atoms with Crippen molar-refractivity contribution in [1.82, 2.24) is 30.5 Å². The van der Waals surface area contributed by atoms with Crippen LogP contribution in [0.1, 0.15) is 53.8 Å². The molecule has 6 rings (SSSR count). The van der Waals surface area contributed by atoms with Gasteiger partial charge < -0.3 is 21.3 Å². The van der Waals surface area contributed by atoms with E-state index in [2.05, 4.69) is 32.9 Å². The van der Waals surface area contributed by atoms with Crippen LogP contribution < -0.4 is 21.3 Å². The molecule has 2 aliphatic carbocycles. The van der Waals surface area contributed by atoms with Crippen molar-refractivity contribution in [2.45, 2.75) is 63.1 Å². The number of hydrogen-bond acceptors (Lipinski definition) is 6. The topological polar surface area (TPSA) is 112 Å². The van der Waals surface area contributed by atoms with Gasteiger partial charge in [0.05, 0.1) is 27.7 Å². The third-order valence-corrected chi connectivity index (χ3v) is 7.78. The first-order valence-electron chi connectivity index (χ1n) is 11.8. The first kappa shape index (κ1) is 21.2. The lowest BCUT2D eigenvalue weighted by Gasteiger charge is -2.12. The number of nitrogens with zero attached hydrogens (tertiary/aromatic N) is 3. The van der Waals surface area contributed by atoms with Crippen LogP contribution in [0, 0.1) is 0 Å². The fourth-order valence-corrected chi connectivity index (χ4v) is 5.52. The quantitative estimate of drug-likeness (QED) is 0.416. The summed E-state index contributed by atoms with van der Waals surface area (Å²) >= 11 is 1.46. The van der Waals surface area contributed by atoms with Crippen molar-refractivity contribution in [3.05, 3.63) is 47.1 Å². The van der Waals surface area contributed by atoms with E-state index in [4.69, 9.17) is 4.98 Å². The van der Waals surface area contributed by atoms with E-state index in [1.165, 1.54) is 24.2 Å². The minimum absolute atomic E-state index is 0.00594. The Morgan fingerprint density at radius 1 is 1.21 bits per heavy atom. The second-order valence-corrected chi connectivity index (χ2v) is 10.4. The molecule has 9 nitrogen and oxygen atoms in total. The van der Waals surface area contributed by atoms with Gasteiger partial charge in [0.2, 0.25) is 0 Å². The maximum absolute atomic E-state index is 12.7. The molecule has 0 radical (unpaired) electrons. The van der Waals surface area contributed by atoms with Gasteiger partial charge in [0.15, 0.2) is 5.65 Å². The molecule has 1 unspecified atom stereocenters. The van der Waals surface area contributed by atoms with E-state index in [1.54, 1.807) is 6.20 Å². The smallest absolute Gasteiger partial charge is 0.319 e. The van der Waals surface area contributed by atoms with Gasteiger partial charge in [-0.05, 0) is 37.8 Å². The molecule has 3 amide bonds. The first-order chi connectivity index (χ1) is 16.5. The molecule has 4 heterocycles. The number of hydrogen-bond donors (Lipinski definition) is 4. The van der Waals surface area contributed by atoms with Crippen molar-refractivity contribution >= 4 is 34.7 Å². The molecule has 0 bridgehead atoms. The van der Waals surface area contributed by atoms with Crippen molar-refractivity contribution in [1.29, 1.82) is 0 Å². The molecular weight excluding hydrogens is 450 g/mol. The summed E-state index contributed by atoms with van der Waals surface area (Å²) in [4.78, 5) is 31.0. The fraction of sp³-hybridized carbons (Fsp3) is 0.417. The third-order valence-electron chi connectivity index (χ3n) is 6.67. The highest BCUT2D eigenvalue weighted by Gasteiger charge is 2.28. The molecule has 3 fully saturated rings. The minimum Gasteiger partial charge on any atom is -0.367 e. The Bertz CT molecular complexity index is 1290. The summed E-state index contributed by atoms with van der Waals surface area (Å²) < 4.78 is 1.82. The lowest BCUT2D eigenvalue weighted by atomic mass is 10.1. The van der Waals surface area contributed by atoms with Crippen molar-refractivity contribution in [3.8, 4) is 10.6 Å². The molecule has 0 aromatic carbocycles. The highest BCUT2D eigenvalue weighted by Crippen LogP contribution is 2.32. The lowest BCUT2D eigenvalue weighted by molar-refractivity contribution is 0.0942. The average molecular weight is 478 g/mol. The van der Waals surface area contributed by atoms with Gasteiger partial charge in [0.1, 0.15) is 5.82 Å². The summed E-state index contributed by atoms with van der Waals surface area (Å²) in [5, 5.41) is 16.9. The average Bonchev–Trinajstić information content (AvgIpc) is 3.24. The van der Waals surface area contributed by atoms with E-state index < -0.39 is 0 Å². The Morgan fingerprint density at radius 2 is 2.03 bits per heavy atom. The Balaban J connectivity index is 1.32. The summed E-state index contributed by atoms with van der Waals surface area (Å²) in [6.45, 7) is 3.94. The van der Waals surface area contributed by atoms with Crippen LogP contribution in [0.15, 0.2) is 36.7 Å². The standard InChI is InChI=1S/C24H27N7O2S/c1-13-17(30-24(33)26-13)10-14-12-25-31-21(27-16-6-7-16)11-18(29-22(14)31)19-8-9-20(34-19)23(32)28-15-4-2-3-5-15/h8-9,11-12,15-17,27H,1-7,10H2,(H,28,32)(H2,26,30,33). The van der Waals surface area contributed by atoms with E-state index in [1.807, 2.05) is 22.7 Å². The van der Waals surface area contributed by atoms with E-state index in [9.17, 15) is 9.59 Å². The van der Waals surface area contributed by atoms with Crippen LogP contribution in [0.25, 0.3) is 16.2 Å². The second kappa shape index (κ2) is 8.43. The van der Waals surface area contributed by atoms with Gasteiger partial charge in [-0.15, -0.1) is 11.3 Å². The molecule has 1 atom stereocenters. The second-order valence-electron chi connectivity index (χ2n) is 9.35. The third kappa shape index (κ3) is 4.13. The largest absolute Gasteiger partial charge is 0.367 e. The van der Waals surface area contributed by atoms with Crippen molar-refractivity contribution in [2.24, 2.45) is 0 Å². The predicted octanol–water partition coefficient (Wildman–Crippen LogP) is 3.44. The minimum atomic E-state index is -0.238. The lowest BCUT2D eigenvalue weighted by Crippen LogP contribution is -2.31. The van der Waals surface area contributed by atoms with Gasteiger partial charge in [-0.25, -0.2) is 9.78 Å². The number of anilines is 1. The zero-order valence-corrected chi connectivity index (χ0v) is 19.6. The van der Waals surface area contributed by atoms with Gasteiger partial charge in [-0.3, -0.25) is 4.79 Å². The van der Waals surface area contributed by atoms with Crippen molar-refractivity contribution < 1.29 is 9.59 Å². The number of fused-ring (bicyclic) bond motifs is 1. The van der Waals surface area contributed by atoms with Gasteiger partial charge in [-0.1, -0.05) is 19.4 Å². The Labute approximate surface area is 201 Å². The SMILES string of the molecule is C=C1NC(=O)NC1Cc1cnn2c(NC3CC3)cc(-c3ccc(C(=O)NC4CCCC4)s3)nc12. The number of carbonyl (C=O) groups is 2. The van der Waals surface area contributed by atoms with E-state index >= 15 is 0 Å². The molecular formula is C24H27N7O2S. The number of aromatic nitrogens is 3. The number of urea groups is 1. The molecule has 3 aromatic heterocycles. The van der Waals surface area contributed by atoms with Crippen molar-refractivity contribution in [3.63, 3.8) is 0 Å². The number of carbonyl (C=O) groups excluding carboxylic acids is 2. The molecule has 0 spiro atoms. The monoisotopic (exact) mass is 477 g/mol. The van der Waals surface area contributed by atoms with Gasteiger partial charge >= 0.3 is 6.03 Å². The molecule has 10 heteroatoms.